The number of amidine groups is 1. The number of carboxylic acid groups (broad SMARTS) is 1. The Morgan fingerprint density at radius 3 is 2.62 bits per heavy atom. The third kappa shape index (κ3) is 2.71. The van der Waals surface area contributed by atoms with Crippen molar-refractivity contribution in [3.05, 3.63) is 34.9 Å². The summed E-state index contributed by atoms with van der Waals surface area (Å²) in [5.41, 5.74) is 4.07. The van der Waals surface area contributed by atoms with Crippen LogP contribution in [0.2, 0.25) is 0 Å². The van der Waals surface area contributed by atoms with Crippen molar-refractivity contribution in [1.29, 1.82) is 5.41 Å². The lowest BCUT2D eigenvalue weighted by atomic mass is 9.76. The standard InChI is InChI=1S/C15H21N3O3/c1-15(2,3)12-10-5-4-6-11(13(16)17-21)9(10)7-8-18(12)14(19)20/h4-6,12,21H,7-8H2,1-3H3,(H2,16,17)(H,19,20). The van der Waals surface area contributed by atoms with Crippen LogP contribution in [0.5, 0.6) is 0 Å². The number of nitrogens with zero attached hydrogens (tertiary/aromatic N) is 1. The van der Waals surface area contributed by atoms with Crippen molar-refractivity contribution in [2.75, 3.05) is 6.54 Å². The van der Waals surface area contributed by atoms with Gasteiger partial charge in [0.25, 0.3) is 0 Å². The summed E-state index contributed by atoms with van der Waals surface area (Å²) in [5.74, 6) is -0.0664. The van der Waals surface area contributed by atoms with Gasteiger partial charge in [-0.25, -0.2) is 4.79 Å². The van der Waals surface area contributed by atoms with Gasteiger partial charge in [0.2, 0.25) is 0 Å². The monoisotopic (exact) mass is 291 g/mol. The fourth-order valence-electron chi connectivity index (χ4n) is 3.10. The van der Waals surface area contributed by atoms with E-state index in [1.807, 2.05) is 32.3 Å². The Morgan fingerprint density at radius 2 is 2.10 bits per heavy atom. The highest BCUT2D eigenvalue weighted by atomic mass is 16.5. The highest BCUT2D eigenvalue weighted by molar-refractivity contribution is 5.97. The summed E-state index contributed by atoms with van der Waals surface area (Å²) < 4.78 is 0. The molecule has 6 nitrogen and oxygen atoms in total. The maximum Gasteiger partial charge on any atom is 0.407 e. The van der Waals surface area contributed by atoms with E-state index in [4.69, 9.17) is 10.6 Å². The van der Waals surface area contributed by atoms with Gasteiger partial charge in [-0.1, -0.05) is 39.0 Å². The van der Waals surface area contributed by atoms with Crippen molar-refractivity contribution in [3.8, 4) is 0 Å². The number of benzene rings is 1. The number of nitrogens with one attached hydrogen (secondary N) is 2. The van der Waals surface area contributed by atoms with Crippen molar-refractivity contribution >= 4 is 11.9 Å². The van der Waals surface area contributed by atoms with Gasteiger partial charge in [-0.15, -0.1) is 0 Å². The van der Waals surface area contributed by atoms with Gasteiger partial charge < -0.3 is 10.0 Å². The molecule has 0 saturated heterocycles. The van der Waals surface area contributed by atoms with E-state index >= 15 is 0 Å². The molecule has 0 spiro atoms. The zero-order valence-electron chi connectivity index (χ0n) is 12.5. The zero-order valence-corrected chi connectivity index (χ0v) is 12.5. The summed E-state index contributed by atoms with van der Waals surface area (Å²) in [6, 6.07) is 5.20. The molecule has 114 valence electrons. The van der Waals surface area contributed by atoms with E-state index in [0.29, 0.717) is 18.5 Å². The van der Waals surface area contributed by atoms with E-state index in [2.05, 4.69) is 0 Å². The Hall–Kier alpha value is -2.08. The molecule has 0 fully saturated rings. The number of rotatable bonds is 1. The van der Waals surface area contributed by atoms with Crippen LogP contribution in [0.3, 0.4) is 0 Å². The quantitative estimate of drug-likeness (QED) is 0.363. The molecule has 1 aliphatic heterocycles. The normalized spacial score (nSPS) is 18.1. The molecular weight excluding hydrogens is 270 g/mol. The summed E-state index contributed by atoms with van der Waals surface area (Å²) in [6.07, 6.45) is -0.393. The molecule has 6 heteroatoms. The second-order valence-electron chi connectivity index (χ2n) is 6.35. The van der Waals surface area contributed by atoms with Gasteiger partial charge in [0.1, 0.15) is 5.84 Å². The summed E-state index contributed by atoms with van der Waals surface area (Å²) >= 11 is 0. The number of carbonyl (C=O) groups is 1. The molecule has 21 heavy (non-hydrogen) atoms. The molecule has 1 aromatic carbocycles. The van der Waals surface area contributed by atoms with Crippen LogP contribution in [-0.4, -0.2) is 33.7 Å². The molecule has 1 aliphatic rings. The van der Waals surface area contributed by atoms with Crippen LogP contribution >= 0.6 is 0 Å². The molecule has 1 atom stereocenters. The number of hydrogen-bond donors (Lipinski definition) is 4. The number of fused-ring (bicyclic) bond motifs is 1. The number of hydroxylamine groups is 1. The first-order valence-corrected chi connectivity index (χ1v) is 6.87. The molecule has 1 heterocycles. The first kappa shape index (κ1) is 15.3. The van der Waals surface area contributed by atoms with Crippen LogP contribution in [0.25, 0.3) is 0 Å². The lowest BCUT2D eigenvalue weighted by Crippen LogP contribution is -2.45. The molecule has 0 aliphatic carbocycles. The molecule has 0 saturated carbocycles. The van der Waals surface area contributed by atoms with Gasteiger partial charge in [-0.2, -0.15) is 0 Å². The van der Waals surface area contributed by atoms with Crippen molar-refractivity contribution < 1.29 is 15.1 Å². The SMILES string of the molecule is CC(C)(C)C1c2cccc(C(=N)NO)c2CCN1C(=O)O. The van der Waals surface area contributed by atoms with E-state index in [0.717, 1.165) is 11.1 Å². The predicted molar refractivity (Wildman–Crippen MR) is 78.8 cm³/mol. The third-order valence-corrected chi connectivity index (χ3v) is 3.87. The minimum atomic E-state index is -0.929. The summed E-state index contributed by atoms with van der Waals surface area (Å²) in [7, 11) is 0. The van der Waals surface area contributed by atoms with E-state index in [1.54, 1.807) is 12.1 Å². The smallest absolute Gasteiger partial charge is 0.407 e. The third-order valence-electron chi connectivity index (χ3n) is 3.87. The average molecular weight is 291 g/mol. The Labute approximate surface area is 123 Å². The molecule has 0 radical (unpaired) electrons. The van der Waals surface area contributed by atoms with Crippen LogP contribution in [0.1, 0.15) is 43.5 Å². The van der Waals surface area contributed by atoms with Gasteiger partial charge in [-0.3, -0.25) is 16.1 Å². The maximum atomic E-state index is 11.5. The molecule has 4 N–H and O–H groups in total. The van der Waals surface area contributed by atoms with E-state index < -0.39 is 6.09 Å². The van der Waals surface area contributed by atoms with Crippen LogP contribution in [0.15, 0.2) is 18.2 Å². The van der Waals surface area contributed by atoms with Gasteiger partial charge >= 0.3 is 6.09 Å². The fraction of sp³-hybridized carbons (Fsp3) is 0.467. The maximum absolute atomic E-state index is 11.5. The van der Waals surface area contributed by atoms with E-state index in [9.17, 15) is 9.90 Å². The Kier molecular flexibility index (Phi) is 3.91. The first-order valence-electron chi connectivity index (χ1n) is 6.87. The summed E-state index contributed by atoms with van der Waals surface area (Å²) in [6.45, 7) is 6.40. The Bertz CT molecular complexity index is 578. The largest absolute Gasteiger partial charge is 0.465 e. The van der Waals surface area contributed by atoms with Crippen LogP contribution in [0.4, 0.5) is 4.79 Å². The minimum Gasteiger partial charge on any atom is -0.465 e. The molecule has 1 unspecified atom stereocenters. The van der Waals surface area contributed by atoms with Crippen molar-refractivity contribution in [1.82, 2.24) is 10.4 Å². The summed E-state index contributed by atoms with van der Waals surface area (Å²) in [5, 5.41) is 26.2. The van der Waals surface area contributed by atoms with Crippen LogP contribution in [-0.2, 0) is 6.42 Å². The topological polar surface area (TPSA) is 96.7 Å². The first-order chi connectivity index (χ1) is 9.77. The molecular formula is C15H21N3O3. The van der Waals surface area contributed by atoms with E-state index in [-0.39, 0.29) is 17.3 Å². The fourth-order valence-corrected chi connectivity index (χ4v) is 3.10. The summed E-state index contributed by atoms with van der Waals surface area (Å²) in [4.78, 5) is 13.0. The van der Waals surface area contributed by atoms with Crippen LogP contribution in [0, 0.1) is 10.8 Å². The number of amides is 1. The van der Waals surface area contributed by atoms with Gasteiger partial charge in [0.05, 0.1) is 6.04 Å². The Morgan fingerprint density at radius 1 is 1.43 bits per heavy atom. The van der Waals surface area contributed by atoms with Crippen molar-refractivity contribution in [2.45, 2.75) is 33.2 Å². The predicted octanol–water partition coefficient (Wildman–Crippen LogP) is 2.61. The van der Waals surface area contributed by atoms with E-state index in [1.165, 1.54) is 4.90 Å². The highest BCUT2D eigenvalue weighted by Crippen LogP contribution is 2.43. The molecule has 0 bridgehead atoms. The molecule has 1 amide bonds. The second-order valence-corrected chi connectivity index (χ2v) is 6.35. The van der Waals surface area contributed by atoms with Gasteiger partial charge in [-0.05, 0) is 23.0 Å². The van der Waals surface area contributed by atoms with Crippen LogP contribution < -0.4 is 5.48 Å². The highest BCUT2D eigenvalue weighted by Gasteiger charge is 2.39. The lowest BCUT2D eigenvalue weighted by molar-refractivity contribution is 0.0758. The average Bonchev–Trinajstić information content (AvgIpc) is 2.43. The zero-order chi connectivity index (χ0) is 15.8. The Balaban J connectivity index is 2.60. The van der Waals surface area contributed by atoms with Gasteiger partial charge in [0, 0.05) is 12.1 Å². The minimum absolute atomic E-state index is 0.0664. The van der Waals surface area contributed by atoms with Crippen molar-refractivity contribution in [3.63, 3.8) is 0 Å². The van der Waals surface area contributed by atoms with Crippen molar-refractivity contribution in [2.24, 2.45) is 5.41 Å². The molecule has 2 rings (SSSR count). The lowest BCUT2D eigenvalue weighted by Gasteiger charge is -2.43. The number of hydrogen-bond acceptors (Lipinski definition) is 3. The molecule has 1 aromatic rings. The van der Waals surface area contributed by atoms with Gasteiger partial charge in [0.15, 0.2) is 0 Å². The molecule has 0 aromatic heterocycles. The second kappa shape index (κ2) is 5.37.